The van der Waals surface area contributed by atoms with Gasteiger partial charge in [0.15, 0.2) is 0 Å². The number of carbonyl (C=O) groups is 2. The molecule has 2 aromatic heterocycles. The van der Waals surface area contributed by atoms with E-state index in [-0.39, 0.29) is 24.5 Å². The molecule has 0 unspecified atom stereocenters. The fourth-order valence-electron chi connectivity index (χ4n) is 4.36. The molecule has 1 saturated heterocycles. The number of piperazine rings is 1. The molecule has 1 aliphatic carbocycles. The van der Waals surface area contributed by atoms with Crippen LogP contribution in [-0.4, -0.2) is 68.3 Å². The molecular weight excluding hydrogens is 494 g/mol. The third kappa shape index (κ3) is 5.54. The first-order valence-corrected chi connectivity index (χ1v) is 14.7. The maximum Gasteiger partial charge on any atom is 0.341 e. The van der Waals surface area contributed by atoms with Crippen LogP contribution in [0.5, 0.6) is 0 Å². The van der Waals surface area contributed by atoms with E-state index >= 15 is 0 Å². The van der Waals surface area contributed by atoms with Crippen molar-refractivity contribution < 1.29 is 22.7 Å². The van der Waals surface area contributed by atoms with Crippen molar-refractivity contribution in [2.75, 3.05) is 38.0 Å². The van der Waals surface area contributed by atoms with Crippen molar-refractivity contribution in [2.24, 2.45) is 5.92 Å². The van der Waals surface area contributed by atoms with Gasteiger partial charge in [0, 0.05) is 31.1 Å². The van der Waals surface area contributed by atoms with Crippen LogP contribution >= 0.6 is 22.7 Å². The number of hydrogen-bond donors (Lipinski definition) is 1. The minimum Gasteiger partial charge on any atom is -0.459 e. The summed E-state index contributed by atoms with van der Waals surface area (Å²) in [7, 11) is -3.48. The predicted molar refractivity (Wildman–Crippen MR) is 134 cm³/mol. The van der Waals surface area contributed by atoms with Gasteiger partial charge in [-0.3, -0.25) is 9.69 Å². The lowest BCUT2D eigenvalue weighted by molar-refractivity contribution is -0.117. The van der Waals surface area contributed by atoms with Gasteiger partial charge in [0.25, 0.3) is 10.0 Å². The number of ether oxygens (including phenoxy) is 1. The van der Waals surface area contributed by atoms with Crippen molar-refractivity contribution in [1.82, 2.24) is 9.21 Å². The van der Waals surface area contributed by atoms with Crippen molar-refractivity contribution in [3.63, 3.8) is 0 Å². The second kappa shape index (κ2) is 10.4. The molecule has 1 amide bonds. The SMILES string of the molecule is CC(C)OC(=O)c1c(NC(=O)CN2CCN(S(=O)(=O)c3cccs3)CC2)sc2c1CC[C@@H](C)C2. The van der Waals surface area contributed by atoms with Gasteiger partial charge in [-0.25, -0.2) is 13.2 Å². The molecule has 34 heavy (non-hydrogen) atoms. The quantitative estimate of drug-likeness (QED) is 0.557. The summed E-state index contributed by atoms with van der Waals surface area (Å²) in [5.74, 6) is -0.0463. The molecule has 2 aliphatic rings. The Morgan fingerprint density at radius 1 is 1.24 bits per heavy atom. The Hall–Kier alpha value is -1.79. The molecular formula is C23H31N3O5S3. The molecule has 8 nitrogen and oxygen atoms in total. The Morgan fingerprint density at radius 2 is 1.97 bits per heavy atom. The van der Waals surface area contributed by atoms with Gasteiger partial charge in [0.05, 0.1) is 18.2 Å². The van der Waals surface area contributed by atoms with Crippen LogP contribution in [0, 0.1) is 5.92 Å². The number of hydrogen-bond acceptors (Lipinski definition) is 8. The monoisotopic (exact) mass is 525 g/mol. The number of amides is 1. The van der Waals surface area contributed by atoms with Gasteiger partial charge in [-0.1, -0.05) is 13.0 Å². The number of anilines is 1. The Kier molecular flexibility index (Phi) is 7.78. The number of esters is 1. The lowest BCUT2D eigenvalue weighted by atomic mass is 9.88. The van der Waals surface area contributed by atoms with Gasteiger partial charge >= 0.3 is 5.97 Å². The summed E-state index contributed by atoms with van der Waals surface area (Å²) in [4.78, 5) is 28.8. The molecule has 0 spiro atoms. The van der Waals surface area contributed by atoms with Gasteiger partial charge in [-0.15, -0.1) is 22.7 Å². The van der Waals surface area contributed by atoms with Crippen molar-refractivity contribution in [3.8, 4) is 0 Å². The Morgan fingerprint density at radius 3 is 2.62 bits per heavy atom. The third-order valence-corrected chi connectivity index (χ3v) is 10.5. The number of carbonyl (C=O) groups excluding carboxylic acids is 2. The maximum absolute atomic E-state index is 12.9. The van der Waals surface area contributed by atoms with Crippen LogP contribution in [0.1, 0.15) is 48.0 Å². The van der Waals surface area contributed by atoms with E-state index in [9.17, 15) is 18.0 Å². The first kappa shape index (κ1) is 25.3. The lowest BCUT2D eigenvalue weighted by Gasteiger charge is -2.33. The number of nitrogens with zero attached hydrogens (tertiary/aromatic N) is 2. The average molecular weight is 526 g/mol. The van der Waals surface area contributed by atoms with Gasteiger partial charge in [-0.05, 0) is 56.0 Å². The first-order chi connectivity index (χ1) is 16.1. The number of fused-ring (bicyclic) bond motifs is 1. The topological polar surface area (TPSA) is 96.0 Å². The molecule has 1 atom stereocenters. The van der Waals surface area contributed by atoms with Crippen molar-refractivity contribution >= 4 is 49.6 Å². The van der Waals surface area contributed by atoms with Crippen LogP contribution in [0.25, 0.3) is 0 Å². The Labute approximate surface area is 208 Å². The van der Waals surface area contributed by atoms with E-state index in [4.69, 9.17) is 4.74 Å². The zero-order valence-electron chi connectivity index (χ0n) is 19.7. The zero-order chi connectivity index (χ0) is 24.5. The lowest BCUT2D eigenvalue weighted by Crippen LogP contribution is -2.50. The summed E-state index contributed by atoms with van der Waals surface area (Å²) in [6.07, 6.45) is 2.48. The molecule has 0 saturated carbocycles. The predicted octanol–water partition coefficient (Wildman–Crippen LogP) is 3.44. The number of nitrogens with one attached hydrogen (secondary N) is 1. The average Bonchev–Trinajstić information content (AvgIpc) is 3.41. The van der Waals surface area contributed by atoms with Crippen LogP contribution in [0.4, 0.5) is 5.00 Å². The molecule has 2 aromatic rings. The van der Waals surface area contributed by atoms with E-state index in [2.05, 4.69) is 12.2 Å². The van der Waals surface area contributed by atoms with E-state index in [1.807, 2.05) is 18.7 Å². The fourth-order valence-corrected chi connectivity index (χ4v) is 8.34. The normalized spacial score (nSPS) is 19.7. The Bertz CT molecular complexity index is 1130. The molecule has 1 N–H and O–H groups in total. The zero-order valence-corrected chi connectivity index (χ0v) is 22.2. The highest BCUT2D eigenvalue weighted by Crippen LogP contribution is 2.40. The summed E-state index contributed by atoms with van der Waals surface area (Å²) in [6.45, 7) is 7.59. The molecule has 186 valence electrons. The molecule has 0 bridgehead atoms. The summed E-state index contributed by atoms with van der Waals surface area (Å²) in [6, 6.07) is 3.34. The second-order valence-corrected chi connectivity index (χ2v) is 13.4. The van der Waals surface area contributed by atoms with Crippen molar-refractivity contribution in [3.05, 3.63) is 33.5 Å². The highest BCUT2D eigenvalue weighted by molar-refractivity contribution is 7.91. The van der Waals surface area contributed by atoms with Crippen LogP contribution in [0.2, 0.25) is 0 Å². The highest BCUT2D eigenvalue weighted by Gasteiger charge is 2.32. The van der Waals surface area contributed by atoms with E-state index in [0.717, 1.165) is 29.7 Å². The minimum absolute atomic E-state index is 0.143. The largest absolute Gasteiger partial charge is 0.459 e. The molecule has 3 heterocycles. The first-order valence-electron chi connectivity index (χ1n) is 11.6. The van der Waals surface area contributed by atoms with E-state index in [1.165, 1.54) is 27.0 Å². The van der Waals surface area contributed by atoms with E-state index < -0.39 is 10.0 Å². The van der Waals surface area contributed by atoms with Gasteiger partial charge in [0.1, 0.15) is 9.21 Å². The van der Waals surface area contributed by atoms with Crippen LogP contribution in [0.3, 0.4) is 0 Å². The third-order valence-electron chi connectivity index (χ3n) is 6.10. The molecule has 4 rings (SSSR count). The summed E-state index contributed by atoms with van der Waals surface area (Å²) in [5.41, 5.74) is 1.51. The standard InChI is InChI=1S/C23H31N3O5S3/c1-15(2)31-23(28)21-17-7-6-16(3)13-18(17)33-22(21)24-19(27)14-25-8-10-26(11-9-25)34(29,30)20-5-4-12-32-20/h4-5,12,15-16H,6-11,13-14H2,1-3H3,(H,24,27)/t16-/m1/s1. The Balaban J connectivity index is 1.40. The van der Waals surface area contributed by atoms with Gasteiger partial charge in [-0.2, -0.15) is 4.31 Å². The van der Waals surface area contributed by atoms with Gasteiger partial charge in [0.2, 0.25) is 5.91 Å². The van der Waals surface area contributed by atoms with Crippen molar-refractivity contribution in [2.45, 2.75) is 50.3 Å². The molecule has 1 aliphatic heterocycles. The van der Waals surface area contributed by atoms with Crippen LogP contribution in [0.15, 0.2) is 21.7 Å². The molecule has 11 heteroatoms. The summed E-state index contributed by atoms with van der Waals surface area (Å²) in [5, 5.41) is 5.27. The van der Waals surface area contributed by atoms with E-state index in [0.29, 0.717) is 46.9 Å². The number of sulfonamides is 1. The summed E-state index contributed by atoms with van der Waals surface area (Å²) < 4.78 is 32.7. The van der Waals surface area contributed by atoms with Crippen LogP contribution in [-0.2, 0) is 32.4 Å². The number of rotatable bonds is 7. The number of thiophene rings is 2. The van der Waals surface area contributed by atoms with E-state index in [1.54, 1.807) is 17.5 Å². The van der Waals surface area contributed by atoms with Crippen molar-refractivity contribution in [1.29, 1.82) is 0 Å². The maximum atomic E-state index is 12.9. The summed E-state index contributed by atoms with van der Waals surface area (Å²) >= 11 is 2.69. The highest BCUT2D eigenvalue weighted by atomic mass is 32.2. The molecule has 0 radical (unpaired) electrons. The molecule has 1 fully saturated rings. The van der Waals surface area contributed by atoms with Crippen LogP contribution < -0.4 is 5.32 Å². The smallest absolute Gasteiger partial charge is 0.341 e. The second-order valence-electron chi connectivity index (χ2n) is 9.17. The minimum atomic E-state index is -3.48. The molecule has 0 aromatic carbocycles. The van der Waals surface area contributed by atoms with Gasteiger partial charge < -0.3 is 10.1 Å². The fraction of sp³-hybridized carbons (Fsp3) is 0.565.